The van der Waals surface area contributed by atoms with E-state index in [1.54, 1.807) is 4.90 Å². The van der Waals surface area contributed by atoms with Crippen molar-refractivity contribution < 1.29 is 14.7 Å². The molecule has 2 rings (SSSR count). The zero-order valence-corrected chi connectivity index (χ0v) is 11.5. The van der Waals surface area contributed by atoms with Crippen molar-refractivity contribution >= 4 is 40.2 Å². The number of nitrogens with zero attached hydrogens (tertiary/aromatic N) is 1. The van der Waals surface area contributed by atoms with Gasteiger partial charge in [0, 0.05) is 22.2 Å². The lowest BCUT2D eigenvalue weighted by Gasteiger charge is -2.17. The molecule has 1 fully saturated rings. The molecule has 1 N–H and O–H groups in total. The molecule has 0 radical (unpaired) electrons. The van der Waals surface area contributed by atoms with Crippen molar-refractivity contribution in [1.82, 2.24) is 0 Å². The molecule has 0 spiro atoms. The van der Waals surface area contributed by atoms with E-state index in [0.29, 0.717) is 0 Å². The first kappa shape index (κ1) is 12.3. The Bertz CT molecular complexity index is 487. The highest BCUT2D eigenvalue weighted by atomic mass is 127. The lowest BCUT2D eigenvalue weighted by Crippen LogP contribution is -2.25. The molecule has 1 unspecified atom stereocenters. The summed E-state index contributed by atoms with van der Waals surface area (Å²) in [6.45, 7) is 2.27. The number of amides is 1. The largest absolute Gasteiger partial charge is 0.481 e. The minimum Gasteiger partial charge on any atom is -0.481 e. The number of anilines is 1. The van der Waals surface area contributed by atoms with Gasteiger partial charge in [-0.05, 0) is 47.2 Å². The quantitative estimate of drug-likeness (QED) is 0.835. The van der Waals surface area contributed by atoms with E-state index in [2.05, 4.69) is 22.6 Å². The predicted molar refractivity (Wildman–Crippen MR) is 72.0 cm³/mol. The Morgan fingerprint density at radius 1 is 1.53 bits per heavy atom. The summed E-state index contributed by atoms with van der Waals surface area (Å²) in [4.78, 5) is 24.2. The molecule has 1 atom stereocenters. The van der Waals surface area contributed by atoms with Crippen molar-refractivity contribution in [1.29, 1.82) is 0 Å². The van der Waals surface area contributed by atoms with Gasteiger partial charge < -0.3 is 10.0 Å². The van der Waals surface area contributed by atoms with Crippen LogP contribution in [0.3, 0.4) is 0 Å². The SMILES string of the molecule is Cc1ccc(N2CC(C(=O)O)CC2=O)cc1I. The van der Waals surface area contributed by atoms with Gasteiger partial charge in [-0.2, -0.15) is 0 Å². The number of carboxylic acid groups (broad SMARTS) is 1. The molecular weight excluding hydrogens is 333 g/mol. The third-order valence-electron chi connectivity index (χ3n) is 2.94. The van der Waals surface area contributed by atoms with Gasteiger partial charge in [-0.3, -0.25) is 9.59 Å². The molecule has 1 aliphatic heterocycles. The average Bonchev–Trinajstić information content (AvgIpc) is 2.65. The molecule has 1 heterocycles. The molecule has 17 heavy (non-hydrogen) atoms. The van der Waals surface area contributed by atoms with Crippen LogP contribution in [0, 0.1) is 16.4 Å². The van der Waals surface area contributed by atoms with Crippen molar-refractivity contribution in [3.05, 3.63) is 27.3 Å². The summed E-state index contributed by atoms with van der Waals surface area (Å²) < 4.78 is 1.08. The van der Waals surface area contributed by atoms with E-state index in [-0.39, 0.29) is 18.9 Å². The summed E-state index contributed by atoms with van der Waals surface area (Å²) in [6.07, 6.45) is 0.0970. The Balaban J connectivity index is 2.26. The van der Waals surface area contributed by atoms with Gasteiger partial charge in [-0.25, -0.2) is 0 Å². The van der Waals surface area contributed by atoms with Crippen LogP contribution < -0.4 is 4.90 Å². The van der Waals surface area contributed by atoms with Gasteiger partial charge in [0.2, 0.25) is 5.91 Å². The summed E-state index contributed by atoms with van der Waals surface area (Å²) in [7, 11) is 0. The molecule has 1 aromatic carbocycles. The summed E-state index contributed by atoms with van der Waals surface area (Å²) in [5, 5.41) is 8.91. The van der Waals surface area contributed by atoms with E-state index in [1.165, 1.54) is 0 Å². The van der Waals surface area contributed by atoms with Gasteiger partial charge >= 0.3 is 5.97 Å². The minimum absolute atomic E-state index is 0.0970. The van der Waals surface area contributed by atoms with Crippen molar-refractivity contribution in [2.45, 2.75) is 13.3 Å². The molecule has 4 nitrogen and oxygen atoms in total. The van der Waals surface area contributed by atoms with Crippen LogP contribution in [0.15, 0.2) is 18.2 Å². The summed E-state index contributed by atoms with van der Waals surface area (Å²) >= 11 is 2.21. The van der Waals surface area contributed by atoms with Crippen molar-refractivity contribution in [3.63, 3.8) is 0 Å². The Hall–Kier alpha value is -1.11. The van der Waals surface area contributed by atoms with Gasteiger partial charge in [0.1, 0.15) is 0 Å². The number of carbonyl (C=O) groups is 2. The fourth-order valence-corrected chi connectivity index (χ4v) is 2.37. The smallest absolute Gasteiger partial charge is 0.308 e. The van der Waals surface area contributed by atoms with Gasteiger partial charge in [0.25, 0.3) is 0 Å². The second-order valence-corrected chi connectivity index (χ2v) is 5.34. The van der Waals surface area contributed by atoms with Gasteiger partial charge in [0.05, 0.1) is 5.92 Å². The number of benzene rings is 1. The topological polar surface area (TPSA) is 57.6 Å². The van der Waals surface area contributed by atoms with Crippen LogP contribution in [0.5, 0.6) is 0 Å². The fourth-order valence-electron chi connectivity index (χ4n) is 1.87. The van der Waals surface area contributed by atoms with Crippen LogP contribution >= 0.6 is 22.6 Å². The molecule has 90 valence electrons. The fraction of sp³-hybridized carbons (Fsp3) is 0.333. The van der Waals surface area contributed by atoms with Crippen molar-refractivity contribution in [2.75, 3.05) is 11.4 Å². The van der Waals surface area contributed by atoms with Gasteiger partial charge in [-0.1, -0.05) is 6.07 Å². The second-order valence-electron chi connectivity index (χ2n) is 4.18. The third-order valence-corrected chi connectivity index (χ3v) is 4.10. The highest BCUT2D eigenvalue weighted by molar-refractivity contribution is 14.1. The molecular formula is C12H12INO3. The number of aliphatic carboxylic acids is 1. The number of hydrogen-bond acceptors (Lipinski definition) is 2. The normalized spacial score (nSPS) is 19.8. The lowest BCUT2D eigenvalue weighted by atomic mass is 10.1. The first-order valence-electron chi connectivity index (χ1n) is 5.28. The monoisotopic (exact) mass is 345 g/mol. The number of hydrogen-bond donors (Lipinski definition) is 1. The Labute approximate surface area is 113 Å². The van der Waals surface area contributed by atoms with Crippen LogP contribution in [-0.2, 0) is 9.59 Å². The zero-order valence-electron chi connectivity index (χ0n) is 9.31. The highest BCUT2D eigenvalue weighted by Gasteiger charge is 2.35. The molecule has 0 aliphatic carbocycles. The molecule has 0 aromatic heterocycles. The number of aryl methyl sites for hydroxylation is 1. The first-order chi connectivity index (χ1) is 7.99. The minimum atomic E-state index is -0.900. The summed E-state index contributed by atoms with van der Waals surface area (Å²) in [6, 6.07) is 5.72. The van der Waals surface area contributed by atoms with E-state index in [4.69, 9.17) is 5.11 Å². The van der Waals surface area contributed by atoms with Gasteiger partial charge in [0.15, 0.2) is 0 Å². The maximum atomic E-state index is 11.7. The Morgan fingerprint density at radius 2 is 2.24 bits per heavy atom. The van der Waals surface area contributed by atoms with Crippen LogP contribution in [0.1, 0.15) is 12.0 Å². The summed E-state index contributed by atoms with van der Waals surface area (Å²) in [5.74, 6) is -1.60. The molecule has 5 heteroatoms. The van der Waals surface area contributed by atoms with E-state index in [1.807, 2.05) is 25.1 Å². The van der Waals surface area contributed by atoms with Crippen molar-refractivity contribution in [2.24, 2.45) is 5.92 Å². The van der Waals surface area contributed by atoms with Crippen LogP contribution in [0.4, 0.5) is 5.69 Å². The van der Waals surface area contributed by atoms with E-state index < -0.39 is 11.9 Å². The molecule has 1 saturated heterocycles. The van der Waals surface area contributed by atoms with Crippen molar-refractivity contribution in [3.8, 4) is 0 Å². The first-order valence-corrected chi connectivity index (χ1v) is 6.36. The Morgan fingerprint density at radius 3 is 2.76 bits per heavy atom. The lowest BCUT2D eigenvalue weighted by molar-refractivity contribution is -0.141. The number of carboxylic acids is 1. The molecule has 1 aromatic rings. The molecule has 1 aliphatic rings. The van der Waals surface area contributed by atoms with E-state index in [0.717, 1.165) is 14.8 Å². The number of halogens is 1. The van der Waals surface area contributed by atoms with Crippen LogP contribution in [0.2, 0.25) is 0 Å². The maximum absolute atomic E-state index is 11.7. The van der Waals surface area contributed by atoms with Gasteiger partial charge in [-0.15, -0.1) is 0 Å². The molecule has 0 saturated carbocycles. The van der Waals surface area contributed by atoms with Crippen LogP contribution in [0.25, 0.3) is 0 Å². The number of carbonyl (C=O) groups excluding carboxylic acids is 1. The Kier molecular flexibility index (Phi) is 3.37. The van der Waals surface area contributed by atoms with E-state index in [9.17, 15) is 9.59 Å². The zero-order chi connectivity index (χ0) is 12.6. The average molecular weight is 345 g/mol. The molecule has 0 bridgehead atoms. The third kappa shape index (κ3) is 2.43. The summed E-state index contributed by atoms with van der Waals surface area (Å²) in [5.41, 5.74) is 1.93. The number of rotatable bonds is 2. The second kappa shape index (κ2) is 4.64. The van der Waals surface area contributed by atoms with E-state index >= 15 is 0 Å². The predicted octanol–water partition coefficient (Wildman–Crippen LogP) is 2.04. The van der Waals surface area contributed by atoms with Crippen LogP contribution in [-0.4, -0.2) is 23.5 Å². The standard InChI is InChI=1S/C12H12INO3/c1-7-2-3-9(5-10(7)13)14-6-8(12(16)17)4-11(14)15/h2-3,5,8H,4,6H2,1H3,(H,16,17). The molecule has 1 amide bonds. The highest BCUT2D eigenvalue weighted by Crippen LogP contribution is 2.27. The maximum Gasteiger partial charge on any atom is 0.308 e.